The first kappa shape index (κ1) is 8.93. The van der Waals surface area contributed by atoms with Crippen LogP contribution in [-0.2, 0) is 4.74 Å². The summed E-state index contributed by atoms with van der Waals surface area (Å²) in [6.45, 7) is 3.23. The van der Waals surface area contributed by atoms with Gasteiger partial charge in [0, 0.05) is 0 Å². The summed E-state index contributed by atoms with van der Waals surface area (Å²) >= 11 is 0. The van der Waals surface area contributed by atoms with Crippen molar-refractivity contribution in [1.29, 1.82) is 0 Å². The molecule has 11 heavy (non-hydrogen) atoms. The van der Waals surface area contributed by atoms with E-state index in [1.54, 1.807) is 14.0 Å². The van der Waals surface area contributed by atoms with Crippen molar-refractivity contribution in [2.45, 2.75) is 31.3 Å². The number of hydrogen-bond acceptors (Lipinski definition) is 4. The van der Waals surface area contributed by atoms with Gasteiger partial charge in [0.15, 0.2) is 0 Å². The van der Waals surface area contributed by atoms with Crippen LogP contribution in [0, 0.1) is 6.61 Å². The second-order valence-corrected chi connectivity index (χ2v) is 2.77. The topological polar surface area (TPSA) is 61.7 Å². The van der Waals surface area contributed by atoms with Gasteiger partial charge in [-0.05, 0) is 14.0 Å². The fraction of sp³-hybridized carbons (Fsp3) is 0.857. The molecule has 0 amide bonds. The zero-order valence-corrected chi connectivity index (χ0v) is 6.69. The summed E-state index contributed by atoms with van der Waals surface area (Å²) in [5, 5.41) is 21.5. The van der Waals surface area contributed by atoms with Crippen LogP contribution in [0.25, 0.3) is 0 Å². The lowest BCUT2D eigenvalue weighted by atomic mass is 9.99. The Morgan fingerprint density at radius 2 is 2.00 bits per heavy atom. The Kier molecular flexibility index (Phi) is 2.84. The molecule has 0 aliphatic carbocycles. The van der Waals surface area contributed by atoms with Gasteiger partial charge in [-0.1, -0.05) is 0 Å². The third kappa shape index (κ3) is 1.70. The molecular formula is C7H14NO3. The number of likely N-dealkylation sites (N-methyl/N-ethyl adjacent to an activating group) is 1. The summed E-state index contributed by atoms with van der Waals surface area (Å²) in [5.74, 6) is 0. The molecule has 0 unspecified atom stereocenters. The van der Waals surface area contributed by atoms with Crippen molar-refractivity contribution < 1.29 is 14.9 Å². The molecule has 4 atom stereocenters. The fourth-order valence-electron chi connectivity index (χ4n) is 1.10. The molecule has 0 bridgehead atoms. The summed E-state index contributed by atoms with van der Waals surface area (Å²) in [7, 11) is 1.70. The predicted octanol–water partition coefficient (Wildman–Crippen LogP) is -1.12. The number of ether oxygens (including phenoxy) is 1. The van der Waals surface area contributed by atoms with Crippen LogP contribution in [0.2, 0.25) is 0 Å². The quantitative estimate of drug-likeness (QED) is 0.454. The van der Waals surface area contributed by atoms with Crippen LogP contribution in [0.1, 0.15) is 6.92 Å². The highest BCUT2D eigenvalue weighted by Crippen LogP contribution is 2.17. The molecule has 0 aromatic carbocycles. The average molecular weight is 160 g/mol. The molecule has 1 fully saturated rings. The van der Waals surface area contributed by atoms with E-state index < -0.39 is 12.2 Å². The molecule has 0 aromatic heterocycles. The van der Waals surface area contributed by atoms with Crippen molar-refractivity contribution in [1.82, 2.24) is 5.32 Å². The fourth-order valence-corrected chi connectivity index (χ4v) is 1.10. The highest BCUT2D eigenvalue weighted by molar-refractivity contribution is 4.93. The predicted molar refractivity (Wildman–Crippen MR) is 39.7 cm³/mol. The average Bonchev–Trinajstić information content (AvgIpc) is 2.01. The molecular weight excluding hydrogens is 146 g/mol. The number of rotatable bonds is 1. The maximum atomic E-state index is 9.38. The van der Waals surface area contributed by atoms with Crippen molar-refractivity contribution in [3.8, 4) is 0 Å². The van der Waals surface area contributed by atoms with E-state index in [0.29, 0.717) is 0 Å². The molecule has 1 radical (unpaired) electrons. The van der Waals surface area contributed by atoms with Gasteiger partial charge in [-0.3, -0.25) is 0 Å². The lowest BCUT2D eigenvalue weighted by molar-refractivity contribution is -0.117. The molecule has 0 spiro atoms. The zero-order chi connectivity index (χ0) is 8.43. The zero-order valence-electron chi connectivity index (χ0n) is 6.69. The summed E-state index contributed by atoms with van der Waals surface area (Å²) in [6.07, 6.45) is -1.91. The number of nitrogens with one attached hydrogen (secondary N) is 1. The van der Waals surface area contributed by atoms with Crippen LogP contribution in [0.3, 0.4) is 0 Å². The van der Waals surface area contributed by atoms with Gasteiger partial charge in [-0.2, -0.15) is 0 Å². The van der Waals surface area contributed by atoms with Crippen molar-refractivity contribution in [3.63, 3.8) is 0 Å². The monoisotopic (exact) mass is 160 g/mol. The van der Waals surface area contributed by atoms with Crippen LogP contribution in [0.4, 0.5) is 0 Å². The van der Waals surface area contributed by atoms with E-state index in [4.69, 9.17) is 4.74 Å². The minimum Gasteiger partial charge on any atom is -0.389 e. The summed E-state index contributed by atoms with van der Waals surface area (Å²) in [4.78, 5) is 0. The van der Waals surface area contributed by atoms with Crippen LogP contribution >= 0.6 is 0 Å². The van der Waals surface area contributed by atoms with E-state index >= 15 is 0 Å². The van der Waals surface area contributed by atoms with Crippen LogP contribution in [0.15, 0.2) is 0 Å². The number of aliphatic hydroxyl groups is 2. The molecule has 0 saturated carbocycles. The first-order chi connectivity index (χ1) is 5.16. The molecule has 1 rings (SSSR count). The number of hydrogen-bond donors (Lipinski definition) is 3. The van der Waals surface area contributed by atoms with Gasteiger partial charge in [0.05, 0.1) is 12.1 Å². The van der Waals surface area contributed by atoms with Gasteiger partial charge in [0.1, 0.15) is 18.8 Å². The molecule has 1 heterocycles. The molecule has 4 nitrogen and oxygen atoms in total. The van der Waals surface area contributed by atoms with Gasteiger partial charge in [0.25, 0.3) is 0 Å². The lowest BCUT2D eigenvalue weighted by Crippen LogP contribution is -2.54. The molecule has 4 heteroatoms. The first-order valence-corrected chi connectivity index (χ1v) is 3.69. The van der Waals surface area contributed by atoms with Gasteiger partial charge in [0.2, 0.25) is 0 Å². The first-order valence-electron chi connectivity index (χ1n) is 3.69. The Bertz CT molecular complexity index is 129. The van der Waals surface area contributed by atoms with E-state index in [1.807, 2.05) is 0 Å². The highest BCUT2D eigenvalue weighted by Gasteiger charge is 2.35. The third-order valence-corrected chi connectivity index (χ3v) is 1.97. The van der Waals surface area contributed by atoms with Crippen molar-refractivity contribution in [2.24, 2.45) is 0 Å². The molecule has 1 aliphatic heterocycles. The van der Waals surface area contributed by atoms with Gasteiger partial charge in [-0.15, -0.1) is 0 Å². The van der Waals surface area contributed by atoms with Crippen molar-refractivity contribution >= 4 is 0 Å². The van der Waals surface area contributed by atoms with E-state index in [1.165, 1.54) is 6.61 Å². The summed E-state index contributed by atoms with van der Waals surface area (Å²) < 4.78 is 5.07. The lowest BCUT2D eigenvalue weighted by Gasteiger charge is -2.35. The summed E-state index contributed by atoms with van der Waals surface area (Å²) in [5.41, 5.74) is 0. The molecule has 1 saturated heterocycles. The van der Waals surface area contributed by atoms with E-state index in [-0.39, 0.29) is 12.1 Å². The van der Waals surface area contributed by atoms with E-state index in [2.05, 4.69) is 5.32 Å². The Morgan fingerprint density at radius 1 is 1.36 bits per heavy atom. The highest BCUT2D eigenvalue weighted by atomic mass is 16.5. The summed E-state index contributed by atoms with van der Waals surface area (Å²) in [6, 6.07) is -0.277. The molecule has 3 N–H and O–H groups in total. The minimum atomic E-state index is -0.808. The van der Waals surface area contributed by atoms with Crippen molar-refractivity contribution in [3.05, 3.63) is 6.61 Å². The SMILES string of the molecule is CN[C@H]1[CH]O[C@H](C)[C@H](O)[C@@H]1O. The van der Waals surface area contributed by atoms with Crippen LogP contribution < -0.4 is 5.32 Å². The maximum absolute atomic E-state index is 9.38. The Hall–Kier alpha value is -0.160. The standard InChI is InChI=1S/C7H14NO3/c1-4-6(9)7(10)5(8-2)3-11-4/h3-10H,1-2H3/t4-,5+,6+,7-/m1/s1. The Balaban J connectivity index is 2.52. The van der Waals surface area contributed by atoms with E-state index in [0.717, 1.165) is 0 Å². The second kappa shape index (κ2) is 3.49. The van der Waals surface area contributed by atoms with Crippen LogP contribution in [-0.4, -0.2) is 41.6 Å². The van der Waals surface area contributed by atoms with Gasteiger partial charge in [-0.25, -0.2) is 0 Å². The number of aliphatic hydroxyl groups excluding tert-OH is 2. The third-order valence-electron chi connectivity index (χ3n) is 1.97. The van der Waals surface area contributed by atoms with E-state index in [9.17, 15) is 10.2 Å². The van der Waals surface area contributed by atoms with Gasteiger partial charge >= 0.3 is 0 Å². The van der Waals surface area contributed by atoms with Crippen molar-refractivity contribution in [2.75, 3.05) is 7.05 Å². The smallest absolute Gasteiger partial charge is 0.107 e. The Labute approximate surface area is 66.2 Å². The Morgan fingerprint density at radius 3 is 2.55 bits per heavy atom. The molecule has 65 valence electrons. The molecule has 0 aromatic rings. The normalized spacial score (nSPS) is 45.8. The van der Waals surface area contributed by atoms with Gasteiger partial charge < -0.3 is 20.3 Å². The second-order valence-electron chi connectivity index (χ2n) is 2.77. The minimum absolute atomic E-state index is 0.277. The maximum Gasteiger partial charge on any atom is 0.107 e. The largest absolute Gasteiger partial charge is 0.389 e. The molecule has 1 aliphatic rings. The van der Waals surface area contributed by atoms with Crippen LogP contribution in [0.5, 0.6) is 0 Å².